The van der Waals surface area contributed by atoms with Gasteiger partial charge in [0.2, 0.25) is 0 Å². The third-order valence-corrected chi connectivity index (χ3v) is 3.14. The van der Waals surface area contributed by atoms with Gasteiger partial charge in [-0.2, -0.15) is 0 Å². The van der Waals surface area contributed by atoms with Crippen LogP contribution in [0, 0.1) is 5.92 Å². The summed E-state index contributed by atoms with van der Waals surface area (Å²) in [6.07, 6.45) is 1.39. The molecule has 1 aliphatic rings. The summed E-state index contributed by atoms with van der Waals surface area (Å²) < 4.78 is 0. The van der Waals surface area contributed by atoms with Crippen LogP contribution in [0.1, 0.15) is 19.3 Å². The Morgan fingerprint density at radius 3 is 2.64 bits per heavy atom. The van der Waals surface area contributed by atoms with Crippen LogP contribution in [-0.4, -0.2) is 40.3 Å². The molecule has 1 amide bonds. The Morgan fingerprint density at radius 2 is 2.07 bits per heavy atom. The highest BCUT2D eigenvalue weighted by atomic mass is 79.9. The van der Waals surface area contributed by atoms with Gasteiger partial charge in [-0.15, -0.1) is 0 Å². The number of halogens is 1. The molecule has 0 aliphatic carbocycles. The van der Waals surface area contributed by atoms with Crippen molar-refractivity contribution in [2.24, 2.45) is 5.92 Å². The molecular formula is C9H14BrNO3. The van der Waals surface area contributed by atoms with Crippen LogP contribution in [-0.2, 0) is 4.79 Å². The molecule has 14 heavy (non-hydrogen) atoms. The average Bonchev–Trinajstić information content (AvgIpc) is 2.41. The zero-order valence-electron chi connectivity index (χ0n) is 7.91. The number of carbonyl (C=O) groups excluding carboxylic acids is 1. The SMILES string of the molecule is O=C(CBr)C1CCCN(C(=O)O)CC1. The summed E-state index contributed by atoms with van der Waals surface area (Å²) in [5, 5.41) is 9.16. The van der Waals surface area contributed by atoms with Crippen LogP contribution in [0.4, 0.5) is 4.79 Å². The molecule has 1 aliphatic heterocycles. The number of rotatable bonds is 2. The number of carboxylic acid groups (broad SMARTS) is 1. The summed E-state index contributed by atoms with van der Waals surface area (Å²) >= 11 is 3.14. The quantitative estimate of drug-likeness (QED) is 0.773. The molecule has 0 spiro atoms. The van der Waals surface area contributed by atoms with E-state index >= 15 is 0 Å². The molecule has 0 aromatic heterocycles. The minimum atomic E-state index is -0.878. The van der Waals surface area contributed by atoms with Gasteiger partial charge in [0, 0.05) is 19.0 Å². The first-order valence-corrected chi connectivity index (χ1v) is 5.84. The average molecular weight is 264 g/mol. The highest BCUT2D eigenvalue weighted by molar-refractivity contribution is 9.09. The monoisotopic (exact) mass is 263 g/mol. The maximum Gasteiger partial charge on any atom is 0.407 e. The van der Waals surface area contributed by atoms with Gasteiger partial charge in [-0.25, -0.2) is 4.79 Å². The molecule has 1 rings (SSSR count). The van der Waals surface area contributed by atoms with Crippen LogP contribution in [0.5, 0.6) is 0 Å². The number of nitrogens with zero attached hydrogens (tertiary/aromatic N) is 1. The minimum Gasteiger partial charge on any atom is -0.465 e. The second-order valence-corrected chi connectivity index (χ2v) is 4.06. The van der Waals surface area contributed by atoms with Crippen molar-refractivity contribution in [3.05, 3.63) is 0 Å². The van der Waals surface area contributed by atoms with Crippen LogP contribution in [0.25, 0.3) is 0 Å². The molecule has 4 nitrogen and oxygen atoms in total. The number of Topliss-reactive ketones (excluding diaryl/α,β-unsaturated/α-hetero) is 1. The summed E-state index contributed by atoms with van der Waals surface area (Å²) in [6, 6.07) is 0. The van der Waals surface area contributed by atoms with Gasteiger partial charge in [-0.1, -0.05) is 15.9 Å². The lowest BCUT2D eigenvalue weighted by atomic mass is 9.97. The summed E-state index contributed by atoms with van der Waals surface area (Å²) in [6.45, 7) is 1.04. The number of hydrogen-bond acceptors (Lipinski definition) is 2. The first kappa shape index (κ1) is 11.5. The summed E-state index contributed by atoms with van der Waals surface area (Å²) in [5.41, 5.74) is 0. The number of likely N-dealkylation sites (tertiary alicyclic amines) is 1. The van der Waals surface area contributed by atoms with E-state index in [1.54, 1.807) is 0 Å². The van der Waals surface area contributed by atoms with Crippen LogP contribution in [0.3, 0.4) is 0 Å². The molecule has 1 N–H and O–H groups in total. The largest absolute Gasteiger partial charge is 0.465 e. The molecule has 0 aromatic rings. The number of alkyl halides is 1. The minimum absolute atomic E-state index is 0.0405. The van der Waals surface area contributed by atoms with Gasteiger partial charge < -0.3 is 10.0 Å². The van der Waals surface area contributed by atoms with E-state index in [1.165, 1.54) is 4.90 Å². The molecule has 1 fully saturated rings. The van der Waals surface area contributed by atoms with Gasteiger partial charge in [0.25, 0.3) is 0 Å². The van der Waals surface area contributed by atoms with E-state index in [4.69, 9.17) is 5.11 Å². The van der Waals surface area contributed by atoms with Gasteiger partial charge in [-0.3, -0.25) is 4.79 Å². The van der Waals surface area contributed by atoms with E-state index in [9.17, 15) is 9.59 Å². The Labute approximate surface area is 91.4 Å². The zero-order valence-corrected chi connectivity index (χ0v) is 9.49. The van der Waals surface area contributed by atoms with Crippen molar-refractivity contribution >= 4 is 27.8 Å². The van der Waals surface area contributed by atoms with E-state index in [-0.39, 0.29) is 11.7 Å². The van der Waals surface area contributed by atoms with Gasteiger partial charge in [-0.05, 0) is 19.3 Å². The first-order chi connectivity index (χ1) is 6.65. The predicted octanol–water partition coefficient (Wildman–Crippen LogP) is 1.73. The first-order valence-electron chi connectivity index (χ1n) is 4.71. The summed E-state index contributed by atoms with van der Waals surface area (Å²) in [4.78, 5) is 23.5. The normalized spacial score (nSPS) is 22.9. The van der Waals surface area contributed by atoms with E-state index in [0.29, 0.717) is 24.8 Å². The van der Waals surface area contributed by atoms with Crippen molar-refractivity contribution in [3.63, 3.8) is 0 Å². The Balaban J connectivity index is 2.48. The maximum absolute atomic E-state index is 11.4. The van der Waals surface area contributed by atoms with Crippen molar-refractivity contribution in [1.29, 1.82) is 0 Å². The Hall–Kier alpha value is -0.580. The Bertz CT molecular complexity index is 232. The van der Waals surface area contributed by atoms with Crippen LogP contribution in [0.2, 0.25) is 0 Å². The molecule has 5 heteroatoms. The molecule has 1 heterocycles. The van der Waals surface area contributed by atoms with Crippen molar-refractivity contribution in [2.45, 2.75) is 19.3 Å². The highest BCUT2D eigenvalue weighted by Crippen LogP contribution is 2.19. The Kier molecular flexibility index (Phi) is 4.38. The second kappa shape index (κ2) is 5.34. The standard InChI is InChI=1S/C9H14BrNO3/c10-6-8(12)7-2-1-4-11(5-3-7)9(13)14/h7H,1-6H2,(H,13,14). The molecule has 80 valence electrons. The molecule has 1 unspecified atom stereocenters. The van der Waals surface area contributed by atoms with Gasteiger partial charge in [0.1, 0.15) is 5.78 Å². The molecule has 1 atom stereocenters. The van der Waals surface area contributed by atoms with Crippen LogP contribution < -0.4 is 0 Å². The lowest BCUT2D eigenvalue weighted by molar-refractivity contribution is -0.120. The fourth-order valence-electron chi connectivity index (χ4n) is 1.72. The zero-order chi connectivity index (χ0) is 10.6. The van der Waals surface area contributed by atoms with Crippen LogP contribution in [0.15, 0.2) is 0 Å². The van der Waals surface area contributed by atoms with Gasteiger partial charge in [0.05, 0.1) is 5.33 Å². The molecule has 1 saturated heterocycles. The number of hydrogen-bond donors (Lipinski definition) is 1. The fourth-order valence-corrected chi connectivity index (χ4v) is 2.18. The topological polar surface area (TPSA) is 57.6 Å². The summed E-state index contributed by atoms with van der Waals surface area (Å²) in [5.74, 6) is 0.232. The lowest BCUT2D eigenvalue weighted by Crippen LogP contribution is -2.30. The Morgan fingerprint density at radius 1 is 1.36 bits per heavy atom. The van der Waals surface area contributed by atoms with Crippen molar-refractivity contribution in [3.8, 4) is 0 Å². The molecule has 0 bridgehead atoms. The van der Waals surface area contributed by atoms with E-state index in [0.717, 1.165) is 12.8 Å². The molecule has 0 aromatic carbocycles. The van der Waals surface area contributed by atoms with Crippen LogP contribution >= 0.6 is 15.9 Å². The van der Waals surface area contributed by atoms with Crippen molar-refractivity contribution < 1.29 is 14.7 Å². The fraction of sp³-hybridized carbons (Fsp3) is 0.778. The van der Waals surface area contributed by atoms with E-state index in [1.807, 2.05) is 0 Å². The molecular weight excluding hydrogens is 250 g/mol. The maximum atomic E-state index is 11.4. The second-order valence-electron chi connectivity index (χ2n) is 3.50. The smallest absolute Gasteiger partial charge is 0.407 e. The highest BCUT2D eigenvalue weighted by Gasteiger charge is 2.23. The van der Waals surface area contributed by atoms with E-state index in [2.05, 4.69) is 15.9 Å². The number of amides is 1. The lowest BCUT2D eigenvalue weighted by Gasteiger charge is -2.15. The van der Waals surface area contributed by atoms with Gasteiger partial charge in [0.15, 0.2) is 0 Å². The number of ketones is 1. The molecule has 0 saturated carbocycles. The third-order valence-electron chi connectivity index (χ3n) is 2.59. The number of carbonyl (C=O) groups is 2. The van der Waals surface area contributed by atoms with E-state index < -0.39 is 6.09 Å². The predicted molar refractivity (Wildman–Crippen MR) is 55.7 cm³/mol. The molecule has 0 radical (unpaired) electrons. The summed E-state index contributed by atoms with van der Waals surface area (Å²) in [7, 11) is 0. The van der Waals surface area contributed by atoms with Crippen molar-refractivity contribution in [2.75, 3.05) is 18.4 Å². The van der Waals surface area contributed by atoms with Crippen molar-refractivity contribution in [1.82, 2.24) is 4.90 Å². The third kappa shape index (κ3) is 2.97. The van der Waals surface area contributed by atoms with Gasteiger partial charge >= 0.3 is 6.09 Å².